The van der Waals surface area contributed by atoms with E-state index in [1.54, 1.807) is 12.1 Å². The van der Waals surface area contributed by atoms with Crippen LogP contribution in [0.15, 0.2) is 42.5 Å². The number of hydrogen-bond acceptors (Lipinski definition) is 3. The highest BCUT2D eigenvalue weighted by molar-refractivity contribution is 6.33. The fraction of sp³-hybridized carbons (Fsp3) is 0.0769. The summed E-state index contributed by atoms with van der Waals surface area (Å²) in [5.74, 6) is -1.93. The topological polar surface area (TPSA) is 63.6 Å². The molecule has 2 aromatic carbocycles. The Labute approximate surface area is 97.4 Å². The van der Waals surface area contributed by atoms with Crippen LogP contribution in [0.3, 0.4) is 0 Å². The van der Waals surface area contributed by atoms with E-state index in [0.29, 0.717) is 5.75 Å². The third kappa shape index (κ3) is 2.42. The zero-order valence-corrected chi connectivity index (χ0v) is 8.92. The maximum Gasteiger partial charge on any atom is 0.375 e. The van der Waals surface area contributed by atoms with Crippen LogP contribution >= 0.6 is 0 Å². The Morgan fingerprint density at radius 3 is 2.53 bits per heavy atom. The molecule has 0 fully saturated rings. The molecule has 0 aliphatic rings. The Kier molecular flexibility index (Phi) is 3.05. The van der Waals surface area contributed by atoms with Crippen molar-refractivity contribution < 1.29 is 19.4 Å². The van der Waals surface area contributed by atoms with E-state index < -0.39 is 18.4 Å². The average Bonchev–Trinajstić information content (AvgIpc) is 2.35. The van der Waals surface area contributed by atoms with Crippen LogP contribution in [-0.4, -0.2) is 23.5 Å². The van der Waals surface area contributed by atoms with Gasteiger partial charge in [0, 0.05) is 5.39 Å². The first-order chi connectivity index (χ1) is 8.18. The van der Waals surface area contributed by atoms with Crippen molar-refractivity contribution in [3.63, 3.8) is 0 Å². The van der Waals surface area contributed by atoms with E-state index in [9.17, 15) is 9.59 Å². The summed E-state index contributed by atoms with van der Waals surface area (Å²) < 4.78 is 5.21. The summed E-state index contributed by atoms with van der Waals surface area (Å²) in [5.41, 5.74) is 0. The van der Waals surface area contributed by atoms with Gasteiger partial charge in [-0.15, -0.1) is 0 Å². The maximum absolute atomic E-state index is 10.9. The summed E-state index contributed by atoms with van der Waals surface area (Å²) in [6, 6.07) is 12.9. The van der Waals surface area contributed by atoms with Crippen molar-refractivity contribution in [2.24, 2.45) is 0 Å². The van der Waals surface area contributed by atoms with Gasteiger partial charge in [-0.25, -0.2) is 4.79 Å². The van der Waals surface area contributed by atoms with E-state index >= 15 is 0 Å². The van der Waals surface area contributed by atoms with Crippen LogP contribution in [0.1, 0.15) is 0 Å². The van der Waals surface area contributed by atoms with Crippen LogP contribution in [0, 0.1) is 0 Å². The van der Waals surface area contributed by atoms with Crippen molar-refractivity contribution in [3.05, 3.63) is 42.5 Å². The zero-order chi connectivity index (χ0) is 12.3. The highest BCUT2D eigenvalue weighted by atomic mass is 16.5. The molecule has 4 heteroatoms. The van der Waals surface area contributed by atoms with Gasteiger partial charge in [-0.2, -0.15) is 0 Å². The molecular formula is C13H10O4. The Balaban J connectivity index is 2.24. The van der Waals surface area contributed by atoms with E-state index in [-0.39, 0.29) is 0 Å². The van der Waals surface area contributed by atoms with Crippen molar-refractivity contribution >= 4 is 22.5 Å². The van der Waals surface area contributed by atoms with E-state index in [4.69, 9.17) is 9.84 Å². The van der Waals surface area contributed by atoms with Gasteiger partial charge in [0.2, 0.25) is 0 Å². The van der Waals surface area contributed by atoms with Gasteiger partial charge in [0.15, 0.2) is 6.61 Å². The van der Waals surface area contributed by atoms with Crippen LogP contribution in [-0.2, 0) is 9.59 Å². The molecule has 0 spiro atoms. The molecule has 0 saturated heterocycles. The fourth-order valence-corrected chi connectivity index (χ4v) is 1.53. The zero-order valence-electron chi connectivity index (χ0n) is 8.92. The minimum atomic E-state index is -1.48. The Morgan fingerprint density at radius 1 is 1.06 bits per heavy atom. The van der Waals surface area contributed by atoms with Crippen LogP contribution < -0.4 is 4.74 Å². The molecule has 0 atom stereocenters. The molecule has 0 aromatic heterocycles. The van der Waals surface area contributed by atoms with Crippen LogP contribution in [0.5, 0.6) is 5.75 Å². The number of aliphatic carboxylic acids is 1. The van der Waals surface area contributed by atoms with Gasteiger partial charge in [-0.05, 0) is 11.5 Å². The quantitative estimate of drug-likeness (QED) is 0.814. The van der Waals surface area contributed by atoms with Gasteiger partial charge in [-0.1, -0.05) is 36.4 Å². The second-order valence-electron chi connectivity index (χ2n) is 3.49. The molecule has 0 saturated carbocycles. The van der Waals surface area contributed by atoms with Crippen molar-refractivity contribution in [2.75, 3.05) is 6.61 Å². The minimum absolute atomic E-state index is 0.455. The lowest BCUT2D eigenvalue weighted by molar-refractivity contribution is -0.150. The van der Waals surface area contributed by atoms with E-state index in [0.717, 1.165) is 10.8 Å². The Hall–Kier alpha value is -2.36. The summed E-state index contributed by atoms with van der Waals surface area (Å²) in [7, 11) is 0. The van der Waals surface area contributed by atoms with Crippen molar-refractivity contribution in [3.8, 4) is 5.75 Å². The van der Waals surface area contributed by atoms with E-state index in [1.165, 1.54) is 0 Å². The molecule has 0 amide bonds. The number of hydrogen-bond donors (Lipinski definition) is 1. The van der Waals surface area contributed by atoms with Crippen LogP contribution in [0.4, 0.5) is 0 Å². The molecule has 86 valence electrons. The lowest BCUT2D eigenvalue weighted by Gasteiger charge is -2.07. The smallest absolute Gasteiger partial charge is 0.375 e. The number of carbonyl (C=O) groups excluding carboxylic acids is 1. The summed E-state index contributed by atoms with van der Waals surface area (Å²) in [4.78, 5) is 21.3. The van der Waals surface area contributed by atoms with Gasteiger partial charge >= 0.3 is 5.97 Å². The van der Waals surface area contributed by atoms with Crippen LogP contribution in [0.2, 0.25) is 0 Å². The maximum atomic E-state index is 10.9. The number of ether oxygens (including phenoxy) is 1. The Morgan fingerprint density at radius 2 is 1.76 bits per heavy atom. The summed E-state index contributed by atoms with van der Waals surface area (Å²) in [6.07, 6.45) is 0. The van der Waals surface area contributed by atoms with Crippen molar-refractivity contribution in [1.29, 1.82) is 0 Å². The monoisotopic (exact) mass is 230 g/mol. The third-order valence-corrected chi connectivity index (χ3v) is 2.35. The third-order valence-electron chi connectivity index (χ3n) is 2.35. The number of rotatable bonds is 4. The summed E-state index contributed by atoms with van der Waals surface area (Å²) >= 11 is 0. The molecule has 0 heterocycles. The molecule has 0 radical (unpaired) electrons. The number of benzene rings is 2. The number of carbonyl (C=O) groups is 2. The lowest BCUT2D eigenvalue weighted by Crippen LogP contribution is -2.20. The van der Waals surface area contributed by atoms with E-state index in [2.05, 4.69) is 0 Å². The normalized spacial score (nSPS) is 10.1. The fourth-order valence-electron chi connectivity index (χ4n) is 1.53. The molecule has 0 aliphatic heterocycles. The average molecular weight is 230 g/mol. The molecule has 0 bridgehead atoms. The molecule has 2 aromatic rings. The van der Waals surface area contributed by atoms with Gasteiger partial charge < -0.3 is 9.84 Å². The summed E-state index contributed by atoms with van der Waals surface area (Å²) in [6.45, 7) is -0.455. The Bertz CT molecular complexity index is 569. The molecule has 17 heavy (non-hydrogen) atoms. The summed E-state index contributed by atoms with van der Waals surface area (Å²) in [5, 5.41) is 10.3. The number of fused-ring (bicyclic) bond motifs is 1. The van der Waals surface area contributed by atoms with Gasteiger partial charge in [0.25, 0.3) is 5.78 Å². The van der Waals surface area contributed by atoms with Crippen molar-refractivity contribution in [2.45, 2.75) is 0 Å². The second-order valence-corrected chi connectivity index (χ2v) is 3.49. The molecule has 2 rings (SSSR count). The largest absolute Gasteiger partial charge is 0.485 e. The van der Waals surface area contributed by atoms with Gasteiger partial charge in [-0.3, -0.25) is 4.79 Å². The highest BCUT2D eigenvalue weighted by Gasteiger charge is 2.12. The molecule has 4 nitrogen and oxygen atoms in total. The standard InChI is InChI=1S/C13H10O4/c14-11(13(15)16)8-17-12-7-3-5-9-4-1-2-6-10(9)12/h1-7H,8H2,(H,15,16). The second kappa shape index (κ2) is 4.65. The van der Waals surface area contributed by atoms with Crippen molar-refractivity contribution in [1.82, 2.24) is 0 Å². The SMILES string of the molecule is O=C(O)C(=O)COc1cccc2ccccc12. The van der Waals surface area contributed by atoms with E-state index in [1.807, 2.05) is 30.3 Å². The molecular weight excluding hydrogens is 220 g/mol. The number of carboxylic acid groups (broad SMARTS) is 1. The highest BCUT2D eigenvalue weighted by Crippen LogP contribution is 2.24. The number of ketones is 1. The minimum Gasteiger partial charge on any atom is -0.485 e. The van der Waals surface area contributed by atoms with Crippen LogP contribution in [0.25, 0.3) is 10.8 Å². The number of Topliss-reactive ketones (excluding diaryl/α,β-unsaturated/α-hetero) is 1. The first-order valence-electron chi connectivity index (χ1n) is 5.05. The predicted octanol–water partition coefficient (Wildman–Crippen LogP) is 1.87. The molecule has 0 unspecified atom stereocenters. The van der Waals surface area contributed by atoms with Gasteiger partial charge in [0.1, 0.15) is 5.75 Å². The number of carboxylic acids is 1. The molecule has 0 aliphatic carbocycles. The van der Waals surface area contributed by atoms with Gasteiger partial charge in [0.05, 0.1) is 0 Å². The predicted molar refractivity (Wildman–Crippen MR) is 62.1 cm³/mol. The first kappa shape index (κ1) is 11.1. The molecule has 1 N–H and O–H groups in total. The lowest BCUT2D eigenvalue weighted by atomic mass is 10.1. The first-order valence-corrected chi connectivity index (χ1v) is 5.05.